The van der Waals surface area contributed by atoms with Crippen LogP contribution in [-0.2, 0) is 6.54 Å². The third-order valence-electron chi connectivity index (χ3n) is 5.38. The van der Waals surface area contributed by atoms with E-state index in [1.54, 1.807) is 25.7 Å². The Morgan fingerprint density at radius 3 is 2.62 bits per heavy atom. The van der Waals surface area contributed by atoms with Crippen molar-refractivity contribution in [2.24, 2.45) is 0 Å². The van der Waals surface area contributed by atoms with Crippen molar-refractivity contribution in [2.75, 3.05) is 26.7 Å². The zero-order valence-electron chi connectivity index (χ0n) is 18.4. The van der Waals surface area contributed by atoms with Gasteiger partial charge in [-0.25, -0.2) is 4.98 Å². The van der Waals surface area contributed by atoms with Gasteiger partial charge in [-0.2, -0.15) is 0 Å². The van der Waals surface area contributed by atoms with Gasteiger partial charge in [0.2, 0.25) is 0 Å². The molecule has 164 valence electrons. The molecule has 4 aromatic rings. The summed E-state index contributed by atoms with van der Waals surface area (Å²) >= 11 is 0. The Labute approximate surface area is 187 Å². The van der Waals surface area contributed by atoms with Crippen molar-refractivity contribution < 1.29 is 9.53 Å². The molecule has 0 aliphatic rings. The summed E-state index contributed by atoms with van der Waals surface area (Å²) in [4.78, 5) is 24.1. The fourth-order valence-electron chi connectivity index (χ4n) is 3.59. The molecule has 0 fully saturated rings. The van der Waals surface area contributed by atoms with Crippen LogP contribution in [0.25, 0.3) is 16.9 Å². The Morgan fingerprint density at radius 2 is 1.91 bits per heavy atom. The minimum Gasteiger partial charge on any atom is -0.497 e. The van der Waals surface area contributed by atoms with Gasteiger partial charge in [0.05, 0.1) is 7.11 Å². The van der Waals surface area contributed by atoms with Crippen LogP contribution in [-0.4, -0.2) is 51.9 Å². The van der Waals surface area contributed by atoms with Gasteiger partial charge in [-0.3, -0.25) is 14.7 Å². The second-order valence-electron chi connectivity index (χ2n) is 7.47. The van der Waals surface area contributed by atoms with Gasteiger partial charge < -0.3 is 14.5 Å². The van der Waals surface area contributed by atoms with Gasteiger partial charge >= 0.3 is 0 Å². The lowest BCUT2D eigenvalue weighted by atomic mass is 10.1. The molecule has 0 aliphatic carbocycles. The average Bonchev–Trinajstić information content (AvgIpc) is 3.29. The van der Waals surface area contributed by atoms with Crippen molar-refractivity contribution in [2.45, 2.75) is 13.5 Å². The second kappa shape index (κ2) is 10.1. The predicted molar refractivity (Wildman–Crippen MR) is 125 cm³/mol. The number of likely N-dealkylation sites (N-methyl/N-ethyl adjacent to an activating group) is 1. The Morgan fingerprint density at radius 1 is 1.12 bits per heavy atom. The SMILES string of the molecule is CCN(CCNC(=O)c1cn2ccnc(-c3ccc(OC)cc3)c2n1)Cc1ccccc1. The van der Waals surface area contributed by atoms with Gasteiger partial charge in [-0.1, -0.05) is 37.3 Å². The molecule has 0 saturated heterocycles. The predicted octanol–water partition coefficient (Wildman–Crippen LogP) is 3.66. The Balaban J connectivity index is 1.42. The van der Waals surface area contributed by atoms with Gasteiger partial charge in [-0.15, -0.1) is 0 Å². The number of fused-ring (bicyclic) bond motifs is 1. The molecule has 0 unspecified atom stereocenters. The summed E-state index contributed by atoms with van der Waals surface area (Å²) in [5.41, 5.74) is 3.91. The van der Waals surface area contributed by atoms with E-state index in [0.29, 0.717) is 23.6 Å². The van der Waals surface area contributed by atoms with Crippen molar-refractivity contribution in [3.8, 4) is 17.0 Å². The highest BCUT2D eigenvalue weighted by atomic mass is 16.5. The monoisotopic (exact) mass is 429 g/mol. The molecule has 7 nitrogen and oxygen atoms in total. The number of hydrogen-bond donors (Lipinski definition) is 1. The van der Waals surface area contributed by atoms with Gasteiger partial charge in [-0.05, 0) is 36.4 Å². The van der Waals surface area contributed by atoms with E-state index in [0.717, 1.165) is 30.9 Å². The van der Waals surface area contributed by atoms with Gasteiger partial charge in [0.15, 0.2) is 5.65 Å². The first-order valence-corrected chi connectivity index (χ1v) is 10.7. The summed E-state index contributed by atoms with van der Waals surface area (Å²) in [5.74, 6) is 0.586. The first kappa shape index (κ1) is 21.5. The third kappa shape index (κ3) is 4.95. The molecule has 0 bridgehead atoms. The molecular weight excluding hydrogens is 402 g/mol. The maximum absolute atomic E-state index is 12.7. The first-order chi connectivity index (χ1) is 15.7. The molecule has 32 heavy (non-hydrogen) atoms. The second-order valence-corrected chi connectivity index (χ2v) is 7.47. The average molecular weight is 430 g/mol. The zero-order chi connectivity index (χ0) is 22.3. The molecule has 4 rings (SSSR count). The normalized spacial score (nSPS) is 11.1. The standard InChI is InChI=1S/C25H27N5O2/c1-3-29(17-19-7-5-4-6-8-19)15-13-27-25(31)22-18-30-16-14-26-23(24(30)28-22)20-9-11-21(32-2)12-10-20/h4-12,14,16,18H,3,13,15,17H2,1-2H3,(H,27,31). The minimum atomic E-state index is -0.190. The summed E-state index contributed by atoms with van der Waals surface area (Å²) in [6.45, 7) is 5.22. The number of benzene rings is 2. The van der Waals surface area contributed by atoms with E-state index in [4.69, 9.17) is 4.74 Å². The van der Waals surface area contributed by atoms with Crippen LogP contribution in [0.3, 0.4) is 0 Å². The van der Waals surface area contributed by atoms with E-state index >= 15 is 0 Å². The summed E-state index contributed by atoms with van der Waals surface area (Å²) in [6, 6.07) is 18.0. The minimum absolute atomic E-state index is 0.190. The number of amides is 1. The van der Waals surface area contributed by atoms with Crippen molar-refractivity contribution in [1.82, 2.24) is 24.6 Å². The number of carbonyl (C=O) groups is 1. The lowest BCUT2D eigenvalue weighted by Crippen LogP contribution is -2.34. The van der Waals surface area contributed by atoms with E-state index in [9.17, 15) is 4.79 Å². The summed E-state index contributed by atoms with van der Waals surface area (Å²) in [5, 5.41) is 2.99. The molecule has 2 aromatic carbocycles. The summed E-state index contributed by atoms with van der Waals surface area (Å²) < 4.78 is 7.05. The van der Waals surface area contributed by atoms with Gasteiger partial charge in [0.25, 0.3) is 5.91 Å². The number of nitrogens with zero attached hydrogens (tertiary/aromatic N) is 4. The topological polar surface area (TPSA) is 71.8 Å². The molecule has 0 radical (unpaired) electrons. The van der Waals surface area contributed by atoms with Gasteiger partial charge in [0.1, 0.15) is 17.1 Å². The van der Waals surface area contributed by atoms with Crippen molar-refractivity contribution in [1.29, 1.82) is 0 Å². The van der Waals surface area contributed by atoms with E-state index in [1.807, 2.05) is 46.9 Å². The van der Waals surface area contributed by atoms with E-state index in [-0.39, 0.29) is 5.91 Å². The van der Waals surface area contributed by atoms with Crippen LogP contribution in [0.15, 0.2) is 73.2 Å². The maximum Gasteiger partial charge on any atom is 0.271 e. The smallest absolute Gasteiger partial charge is 0.271 e. The number of aromatic nitrogens is 3. The molecule has 0 aliphatic heterocycles. The van der Waals surface area contributed by atoms with Crippen molar-refractivity contribution in [3.63, 3.8) is 0 Å². The van der Waals surface area contributed by atoms with E-state index in [2.05, 4.69) is 39.2 Å². The zero-order valence-corrected chi connectivity index (χ0v) is 18.4. The lowest BCUT2D eigenvalue weighted by molar-refractivity contribution is 0.0944. The third-order valence-corrected chi connectivity index (χ3v) is 5.38. The number of imidazole rings is 1. The quantitative estimate of drug-likeness (QED) is 0.440. The fourth-order valence-corrected chi connectivity index (χ4v) is 3.59. The number of methoxy groups -OCH3 is 1. The van der Waals surface area contributed by atoms with Crippen LogP contribution >= 0.6 is 0 Å². The highest BCUT2D eigenvalue weighted by Gasteiger charge is 2.15. The molecular formula is C25H27N5O2. The maximum atomic E-state index is 12.7. The Hall–Kier alpha value is -3.71. The fraction of sp³-hybridized carbons (Fsp3) is 0.240. The number of carbonyl (C=O) groups excluding carboxylic acids is 1. The molecule has 2 heterocycles. The lowest BCUT2D eigenvalue weighted by Gasteiger charge is -2.20. The number of ether oxygens (including phenoxy) is 1. The number of hydrogen-bond acceptors (Lipinski definition) is 5. The first-order valence-electron chi connectivity index (χ1n) is 10.7. The van der Waals surface area contributed by atoms with Crippen molar-refractivity contribution >= 4 is 11.6 Å². The van der Waals surface area contributed by atoms with Crippen molar-refractivity contribution in [3.05, 3.63) is 84.4 Å². The van der Waals surface area contributed by atoms with Crippen LogP contribution in [0.1, 0.15) is 23.0 Å². The highest BCUT2D eigenvalue weighted by molar-refractivity contribution is 5.93. The molecule has 1 amide bonds. The molecule has 0 spiro atoms. The van der Waals surface area contributed by atoms with E-state index < -0.39 is 0 Å². The largest absolute Gasteiger partial charge is 0.497 e. The molecule has 0 saturated carbocycles. The van der Waals surface area contributed by atoms with Crippen LogP contribution in [0.5, 0.6) is 5.75 Å². The van der Waals surface area contributed by atoms with Crippen LogP contribution in [0.2, 0.25) is 0 Å². The highest BCUT2D eigenvalue weighted by Crippen LogP contribution is 2.24. The summed E-state index contributed by atoms with van der Waals surface area (Å²) in [6.07, 6.45) is 5.24. The Bertz CT molecular complexity index is 1170. The number of nitrogens with one attached hydrogen (secondary N) is 1. The van der Waals surface area contributed by atoms with Crippen LogP contribution < -0.4 is 10.1 Å². The number of rotatable bonds is 9. The van der Waals surface area contributed by atoms with E-state index in [1.165, 1.54) is 5.56 Å². The van der Waals surface area contributed by atoms with Gasteiger partial charge in [0, 0.05) is 43.8 Å². The molecule has 2 aromatic heterocycles. The molecule has 7 heteroatoms. The van der Waals surface area contributed by atoms with Crippen LogP contribution in [0, 0.1) is 0 Å². The van der Waals surface area contributed by atoms with Crippen LogP contribution in [0.4, 0.5) is 0 Å². The molecule has 0 atom stereocenters. The molecule has 1 N–H and O–H groups in total. The summed E-state index contributed by atoms with van der Waals surface area (Å²) in [7, 11) is 1.63. The Kier molecular flexibility index (Phi) is 6.77.